The summed E-state index contributed by atoms with van der Waals surface area (Å²) in [5, 5.41) is 0.815. The molecular formula is C10H13BrClN. The first-order chi connectivity index (χ1) is 6.09. The minimum Gasteiger partial charge on any atom is -0.328 e. The zero-order chi connectivity index (χ0) is 9.84. The normalized spacial score (nSPS) is 12.9. The fourth-order valence-corrected chi connectivity index (χ4v) is 1.88. The average Bonchev–Trinajstić information content (AvgIpc) is 2.02. The van der Waals surface area contributed by atoms with E-state index in [9.17, 15) is 0 Å². The van der Waals surface area contributed by atoms with Gasteiger partial charge in [0.2, 0.25) is 0 Å². The first kappa shape index (κ1) is 11.0. The maximum atomic E-state index is 6.04. The quantitative estimate of drug-likeness (QED) is 0.888. The molecular weight excluding hydrogens is 249 g/mol. The Morgan fingerprint density at radius 1 is 1.54 bits per heavy atom. The third-order valence-electron chi connectivity index (χ3n) is 1.88. The average molecular weight is 263 g/mol. The molecule has 0 fully saturated rings. The van der Waals surface area contributed by atoms with E-state index in [1.54, 1.807) is 0 Å². The molecule has 1 nitrogen and oxygen atoms in total. The van der Waals surface area contributed by atoms with Crippen LogP contribution in [0.2, 0.25) is 5.02 Å². The summed E-state index contributed by atoms with van der Waals surface area (Å²) in [5.74, 6) is 0. The van der Waals surface area contributed by atoms with Crippen molar-refractivity contribution in [3.05, 3.63) is 33.3 Å². The molecule has 1 aromatic carbocycles. The van der Waals surface area contributed by atoms with Gasteiger partial charge in [0, 0.05) is 15.5 Å². The van der Waals surface area contributed by atoms with E-state index >= 15 is 0 Å². The van der Waals surface area contributed by atoms with E-state index in [4.69, 9.17) is 17.3 Å². The van der Waals surface area contributed by atoms with Crippen molar-refractivity contribution < 1.29 is 0 Å². The Labute approximate surface area is 92.4 Å². The standard InChI is InChI=1S/C10H13BrClN/c1-7(13)2-3-8-4-5-9(11)6-10(8)12/h4-7H,2-3,13H2,1H3. The molecule has 0 aromatic heterocycles. The lowest BCUT2D eigenvalue weighted by atomic mass is 10.1. The van der Waals surface area contributed by atoms with Crippen LogP contribution in [0, 0.1) is 0 Å². The molecule has 0 heterocycles. The Kier molecular flexibility index (Phi) is 4.23. The number of nitrogens with two attached hydrogens (primary N) is 1. The van der Waals surface area contributed by atoms with E-state index < -0.39 is 0 Å². The van der Waals surface area contributed by atoms with Crippen LogP contribution >= 0.6 is 27.5 Å². The molecule has 0 amide bonds. The topological polar surface area (TPSA) is 26.0 Å². The van der Waals surface area contributed by atoms with Gasteiger partial charge in [-0.15, -0.1) is 0 Å². The molecule has 0 spiro atoms. The lowest BCUT2D eigenvalue weighted by molar-refractivity contribution is 0.666. The monoisotopic (exact) mass is 261 g/mol. The molecule has 72 valence electrons. The van der Waals surface area contributed by atoms with Gasteiger partial charge in [-0.05, 0) is 37.5 Å². The third kappa shape index (κ3) is 3.67. The molecule has 1 rings (SSSR count). The first-order valence-electron chi connectivity index (χ1n) is 4.29. The van der Waals surface area contributed by atoms with E-state index in [1.807, 2.05) is 25.1 Å². The van der Waals surface area contributed by atoms with Gasteiger partial charge in [-0.25, -0.2) is 0 Å². The summed E-state index contributed by atoms with van der Waals surface area (Å²) in [7, 11) is 0. The fraction of sp³-hybridized carbons (Fsp3) is 0.400. The zero-order valence-electron chi connectivity index (χ0n) is 7.56. The SMILES string of the molecule is CC(N)CCc1ccc(Br)cc1Cl. The van der Waals surface area contributed by atoms with Gasteiger partial charge in [-0.3, -0.25) is 0 Å². The van der Waals surface area contributed by atoms with Crippen LogP contribution in [0.25, 0.3) is 0 Å². The van der Waals surface area contributed by atoms with Crippen LogP contribution in [0.3, 0.4) is 0 Å². The van der Waals surface area contributed by atoms with Gasteiger partial charge < -0.3 is 5.73 Å². The molecule has 0 radical (unpaired) electrons. The predicted molar refractivity (Wildman–Crippen MR) is 61.1 cm³/mol. The van der Waals surface area contributed by atoms with Gasteiger partial charge in [0.05, 0.1) is 0 Å². The molecule has 1 unspecified atom stereocenters. The van der Waals surface area contributed by atoms with Gasteiger partial charge in [0.15, 0.2) is 0 Å². The number of hydrogen-bond donors (Lipinski definition) is 1. The van der Waals surface area contributed by atoms with E-state index in [0.717, 1.165) is 22.3 Å². The second kappa shape index (κ2) is 4.99. The first-order valence-corrected chi connectivity index (χ1v) is 5.46. The maximum Gasteiger partial charge on any atom is 0.0449 e. The van der Waals surface area contributed by atoms with Crippen LogP contribution in [-0.4, -0.2) is 6.04 Å². The summed E-state index contributed by atoms with van der Waals surface area (Å²) in [6, 6.07) is 6.19. The summed E-state index contributed by atoms with van der Waals surface area (Å²) >= 11 is 9.41. The van der Waals surface area contributed by atoms with Crippen LogP contribution in [-0.2, 0) is 6.42 Å². The van der Waals surface area contributed by atoms with E-state index in [1.165, 1.54) is 5.56 Å². The largest absolute Gasteiger partial charge is 0.328 e. The second-order valence-corrected chi connectivity index (χ2v) is 4.57. The smallest absolute Gasteiger partial charge is 0.0449 e. The van der Waals surface area contributed by atoms with Crippen LogP contribution in [0.1, 0.15) is 18.9 Å². The Balaban J connectivity index is 2.67. The highest BCUT2D eigenvalue weighted by Crippen LogP contribution is 2.22. The molecule has 3 heteroatoms. The fourth-order valence-electron chi connectivity index (χ4n) is 1.11. The lowest BCUT2D eigenvalue weighted by Gasteiger charge is -2.06. The highest BCUT2D eigenvalue weighted by atomic mass is 79.9. The summed E-state index contributed by atoms with van der Waals surface area (Å²) in [5.41, 5.74) is 6.84. The molecule has 0 saturated heterocycles. The minimum atomic E-state index is 0.236. The Morgan fingerprint density at radius 2 is 2.23 bits per heavy atom. The highest BCUT2D eigenvalue weighted by molar-refractivity contribution is 9.10. The van der Waals surface area contributed by atoms with Crippen molar-refractivity contribution in [2.75, 3.05) is 0 Å². The van der Waals surface area contributed by atoms with E-state index in [2.05, 4.69) is 15.9 Å². The molecule has 0 aliphatic rings. The van der Waals surface area contributed by atoms with Crippen molar-refractivity contribution in [2.45, 2.75) is 25.8 Å². The number of benzene rings is 1. The molecule has 13 heavy (non-hydrogen) atoms. The molecule has 0 saturated carbocycles. The van der Waals surface area contributed by atoms with Gasteiger partial charge in [-0.2, -0.15) is 0 Å². The van der Waals surface area contributed by atoms with Crippen LogP contribution < -0.4 is 5.73 Å². The molecule has 1 aromatic rings. The highest BCUT2D eigenvalue weighted by Gasteiger charge is 2.02. The van der Waals surface area contributed by atoms with Gasteiger partial charge in [0.25, 0.3) is 0 Å². The summed E-state index contributed by atoms with van der Waals surface area (Å²) in [6.07, 6.45) is 1.92. The van der Waals surface area contributed by atoms with Crippen molar-refractivity contribution in [3.8, 4) is 0 Å². The minimum absolute atomic E-state index is 0.236. The number of rotatable bonds is 3. The van der Waals surface area contributed by atoms with Gasteiger partial charge in [0.1, 0.15) is 0 Å². The number of halogens is 2. The van der Waals surface area contributed by atoms with Crippen molar-refractivity contribution in [3.63, 3.8) is 0 Å². The third-order valence-corrected chi connectivity index (χ3v) is 2.73. The van der Waals surface area contributed by atoms with Crippen molar-refractivity contribution in [1.29, 1.82) is 0 Å². The van der Waals surface area contributed by atoms with Crippen molar-refractivity contribution in [1.82, 2.24) is 0 Å². The van der Waals surface area contributed by atoms with Crippen LogP contribution in [0.15, 0.2) is 22.7 Å². The van der Waals surface area contributed by atoms with Crippen molar-refractivity contribution >= 4 is 27.5 Å². The summed E-state index contributed by atoms with van der Waals surface area (Å²) in [4.78, 5) is 0. The molecule has 0 aliphatic heterocycles. The molecule has 2 N–H and O–H groups in total. The Morgan fingerprint density at radius 3 is 2.77 bits per heavy atom. The van der Waals surface area contributed by atoms with Crippen molar-refractivity contribution in [2.24, 2.45) is 5.73 Å². The number of hydrogen-bond acceptors (Lipinski definition) is 1. The summed E-state index contributed by atoms with van der Waals surface area (Å²) in [6.45, 7) is 2.01. The molecule has 1 atom stereocenters. The zero-order valence-corrected chi connectivity index (χ0v) is 9.90. The molecule has 0 aliphatic carbocycles. The van der Waals surface area contributed by atoms with Gasteiger partial charge in [-0.1, -0.05) is 33.6 Å². The Hall–Kier alpha value is -0.0500. The van der Waals surface area contributed by atoms with E-state index in [-0.39, 0.29) is 6.04 Å². The second-order valence-electron chi connectivity index (χ2n) is 3.25. The summed E-state index contributed by atoms with van der Waals surface area (Å²) < 4.78 is 1.02. The van der Waals surface area contributed by atoms with Crippen LogP contribution in [0.5, 0.6) is 0 Å². The lowest BCUT2D eigenvalue weighted by Crippen LogP contribution is -2.15. The van der Waals surface area contributed by atoms with Gasteiger partial charge >= 0.3 is 0 Å². The van der Waals surface area contributed by atoms with Crippen LogP contribution in [0.4, 0.5) is 0 Å². The number of aryl methyl sites for hydroxylation is 1. The van der Waals surface area contributed by atoms with E-state index in [0.29, 0.717) is 0 Å². The maximum absolute atomic E-state index is 6.04. The predicted octanol–water partition coefficient (Wildman–Crippen LogP) is 3.38. The Bertz CT molecular complexity index is 286. The molecule has 0 bridgehead atoms.